The Morgan fingerprint density at radius 3 is 2.43 bits per heavy atom. The number of nitrogens with zero attached hydrogens (tertiary/aromatic N) is 1. The van der Waals surface area contributed by atoms with Crippen molar-refractivity contribution in [2.75, 3.05) is 13.1 Å². The molecular weight excluding hydrogens is 170 g/mol. The molecule has 1 nitrogen and oxygen atoms in total. The summed E-state index contributed by atoms with van der Waals surface area (Å²) in [6.07, 6.45) is 2.38. The van der Waals surface area contributed by atoms with Crippen molar-refractivity contribution in [3.05, 3.63) is 23.9 Å². The number of hydrogen-bond donors (Lipinski definition) is 0. The summed E-state index contributed by atoms with van der Waals surface area (Å²) >= 11 is 0. The van der Waals surface area contributed by atoms with Crippen molar-refractivity contribution in [2.45, 2.75) is 34.6 Å². The first kappa shape index (κ1) is 11.4. The molecule has 0 fully saturated rings. The lowest BCUT2D eigenvalue weighted by atomic mass is 9.76. The molecule has 0 atom stereocenters. The van der Waals surface area contributed by atoms with Gasteiger partial charge in [0, 0.05) is 24.2 Å². The van der Waals surface area contributed by atoms with Crippen molar-refractivity contribution >= 4 is 0 Å². The highest BCUT2D eigenvalue weighted by Gasteiger charge is 2.30. The summed E-state index contributed by atoms with van der Waals surface area (Å²) in [6, 6.07) is 0. The summed E-state index contributed by atoms with van der Waals surface area (Å²) < 4.78 is 0. The van der Waals surface area contributed by atoms with E-state index in [4.69, 9.17) is 0 Å². The van der Waals surface area contributed by atoms with E-state index in [1.54, 1.807) is 5.57 Å². The first-order valence-corrected chi connectivity index (χ1v) is 5.45. The van der Waals surface area contributed by atoms with E-state index < -0.39 is 0 Å². The van der Waals surface area contributed by atoms with Gasteiger partial charge < -0.3 is 4.90 Å². The highest BCUT2D eigenvalue weighted by Crippen LogP contribution is 2.36. The Morgan fingerprint density at radius 1 is 1.50 bits per heavy atom. The van der Waals surface area contributed by atoms with Crippen molar-refractivity contribution in [3.8, 4) is 0 Å². The molecule has 80 valence electrons. The van der Waals surface area contributed by atoms with E-state index in [1.165, 1.54) is 5.70 Å². The summed E-state index contributed by atoms with van der Waals surface area (Å²) in [5.41, 5.74) is 3.07. The van der Waals surface area contributed by atoms with E-state index in [1.807, 2.05) is 0 Å². The topological polar surface area (TPSA) is 3.24 Å². The molecule has 1 heteroatoms. The Labute approximate surface area is 88.5 Å². The van der Waals surface area contributed by atoms with Crippen LogP contribution in [0.15, 0.2) is 23.9 Å². The van der Waals surface area contributed by atoms with Gasteiger partial charge in [0.2, 0.25) is 0 Å². The van der Waals surface area contributed by atoms with Crippen LogP contribution < -0.4 is 0 Å². The third-order valence-electron chi connectivity index (χ3n) is 3.06. The lowest BCUT2D eigenvalue weighted by Gasteiger charge is -2.41. The minimum atomic E-state index is 0.297. The van der Waals surface area contributed by atoms with Gasteiger partial charge in [-0.3, -0.25) is 0 Å². The third kappa shape index (κ3) is 2.20. The maximum Gasteiger partial charge on any atom is 0.0359 e. The molecule has 0 unspecified atom stereocenters. The van der Waals surface area contributed by atoms with Crippen LogP contribution in [-0.4, -0.2) is 18.0 Å². The summed E-state index contributed by atoms with van der Waals surface area (Å²) in [5, 5.41) is 0. The smallest absolute Gasteiger partial charge is 0.0359 e. The molecule has 0 saturated heterocycles. The van der Waals surface area contributed by atoms with Crippen LogP contribution >= 0.6 is 0 Å². The van der Waals surface area contributed by atoms with Crippen LogP contribution in [0.4, 0.5) is 0 Å². The molecule has 0 aromatic rings. The lowest BCUT2D eigenvalue weighted by molar-refractivity contribution is 0.233. The molecule has 0 spiro atoms. The molecule has 0 bridgehead atoms. The zero-order valence-electron chi connectivity index (χ0n) is 10.2. The number of rotatable bonds is 2. The second-order valence-electron chi connectivity index (χ2n) is 5.31. The highest BCUT2D eigenvalue weighted by molar-refractivity contribution is 5.20. The second-order valence-corrected chi connectivity index (χ2v) is 5.31. The number of hydrogen-bond acceptors (Lipinski definition) is 1. The minimum absolute atomic E-state index is 0.297. The Kier molecular flexibility index (Phi) is 3.08. The predicted molar refractivity (Wildman–Crippen MR) is 63.1 cm³/mol. The van der Waals surface area contributed by atoms with Gasteiger partial charge >= 0.3 is 0 Å². The van der Waals surface area contributed by atoms with Crippen molar-refractivity contribution < 1.29 is 0 Å². The summed E-state index contributed by atoms with van der Waals surface area (Å²) in [7, 11) is 0. The Morgan fingerprint density at radius 2 is 2.07 bits per heavy atom. The third-order valence-corrected chi connectivity index (χ3v) is 3.06. The molecular formula is C13H23N. The first-order valence-electron chi connectivity index (χ1n) is 5.45. The van der Waals surface area contributed by atoms with E-state index in [-0.39, 0.29) is 0 Å². The van der Waals surface area contributed by atoms with Crippen LogP contribution in [0.3, 0.4) is 0 Å². The van der Waals surface area contributed by atoms with E-state index in [0.717, 1.165) is 13.1 Å². The standard InChI is InChI=1S/C13H23N/c1-10(2)12-7-8-14(11(3)4)9-13(12,5)6/h7,10H,3,8-9H2,1-2,4-6H3. The molecule has 0 N–H and O–H groups in total. The normalized spacial score (nSPS) is 21.0. The second kappa shape index (κ2) is 3.80. The van der Waals surface area contributed by atoms with E-state index in [2.05, 4.69) is 52.2 Å². The average Bonchev–Trinajstić information content (AvgIpc) is 2.01. The van der Waals surface area contributed by atoms with Crippen LogP contribution in [0, 0.1) is 11.3 Å². The Balaban J connectivity index is 2.88. The summed E-state index contributed by atoms with van der Waals surface area (Å²) in [4.78, 5) is 2.35. The van der Waals surface area contributed by atoms with Gasteiger partial charge in [0.1, 0.15) is 0 Å². The molecule has 1 aliphatic rings. The van der Waals surface area contributed by atoms with Gasteiger partial charge in [-0.1, -0.05) is 45.9 Å². The molecule has 0 aliphatic carbocycles. The zero-order chi connectivity index (χ0) is 10.9. The fourth-order valence-electron chi connectivity index (χ4n) is 2.43. The molecule has 14 heavy (non-hydrogen) atoms. The fourth-order valence-corrected chi connectivity index (χ4v) is 2.43. The monoisotopic (exact) mass is 193 g/mol. The number of allylic oxidation sites excluding steroid dienone is 1. The van der Waals surface area contributed by atoms with Gasteiger partial charge in [0.15, 0.2) is 0 Å². The summed E-state index contributed by atoms with van der Waals surface area (Å²) in [5.74, 6) is 0.664. The molecule has 1 heterocycles. The maximum absolute atomic E-state index is 4.01. The first-order chi connectivity index (χ1) is 6.34. The van der Waals surface area contributed by atoms with Crippen LogP contribution in [0.2, 0.25) is 0 Å². The van der Waals surface area contributed by atoms with Crippen LogP contribution in [0.1, 0.15) is 34.6 Å². The minimum Gasteiger partial charge on any atom is -0.371 e. The average molecular weight is 193 g/mol. The quantitative estimate of drug-likeness (QED) is 0.607. The van der Waals surface area contributed by atoms with Crippen LogP contribution in [-0.2, 0) is 0 Å². The van der Waals surface area contributed by atoms with E-state index in [9.17, 15) is 0 Å². The zero-order valence-corrected chi connectivity index (χ0v) is 10.2. The van der Waals surface area contributed by atoms with Gasteiger partial charge in [0.05, 0.1) is 0 Å². The largest absolute Gasteiger partial charge is 0.371 e. The molecule has 1 rings (SSSR count). The Hall–Kier alpha value is -0.720. The van der Waals surface area contributed by atoms with Gasteiger partial charge in [-0.25, -0.2) is 0 Å². The molecule has 0 saturated carbocycles. The highest BCUT2D eigenvalue weighted by atomic mass is 15.1. The van der Waals surface area contributed by atoms with Crippen LogP contribution in [0.5, 0.6) is 0 Å². The lowest BCUT2D eigenvalue weighted by Crippen LogP contribution is -2.39. The van der Waals surface area contributed by atoms with Crippen molar-refractivity contribution in [1.29, 1.82) is 0 Å². The molecule has 0 amide bonds. The van der Waals surface area contributed by atoms with E-state index >= 15 is 0 Å². The summed E-state index contributed by atoms with van der Waals surface area (Å²) in [6.45, 7) is 17.5. The van der Waals surface area contributed by atoms with Gasteiger partial charge in [0.25, 0.3) is 0 Å². The fraction of sp³-hybridized carbons (Fsp3) is 0.692. The van der Waals surface area contributed by atoms with Crippen molar-refractivity contribution in [1.82, 2.24) is 4.90 Å². The van der Waals surface area contributed by atoms with Gasteiger partial charge in [-0.2, -0.15) is 0 Å². The Bertz CT molecular complexity index is 258. The maximum atomic E-state index is 4.01. The molecule has 0 aromatic carbocycles. The van der Waals surface area contributed by atoms with Gasteiger partial charge in [-0.15, -0.1) is 0 Å². The SMILES string of the molecule is C=C(C)N1CC=C(C(C)C)C(C)(C)C1. The van der Waals surface area contributed by atoms with Crippen molar-refractivity contribution in [2.24, 2.45) is 11.3 Å². The van der Waals surface area contributed by atoms with E-state index in [0.29, 0.717) is 11.3 Å². The molecule has 0 radical (unpaired) electrons. The van der Waals surface area contributed by atoms with Crippen molar-refractivity contribution in [3.63, 3.8) is 0 Å². The molecule has 0 aromatic heterocycles. The predicted octanol–water partition coefficient (Wildman–Crippen LogP) is 3.44. The molecule has 1 aliphatic heterocycles. The van der Waals surface area contributed by atoms with Crippen LogP contribution in [0.25, 0.3) is 0 Å². The van der Waals surface area contributed by atoms with Gasteiger partial charge in [-0.05, 0) is 12.8 Å².